The van der Waals surface area contributed by atoms with Gasteiger partial charge in [-0.25, -0.2) is 33.8 Å². The molecule has 2 saturated carbocycles. The molecule has 4 aromatic carbocycles. The van der Waals surface area contributed by atoms with Gasteiger partial charge in [0.1, 0.15) is 32.0 Å². The van der Waals surface area contributed by atoms with Gasteiger partial charge in [0.2, 0.25) is 11.9 Å². The molecule has 2 saturated heterocycles. The lowest BCUT2D eigenvalue weighted by atomic mass is 9.62. The molecule has 0 unspecified atom stereocenters. The summed E-state index contributed by atoms with van der Waals surface area (Å²) >= 11 is 0. The molecule has 4 fully saturated rings. The summed E-state index contributed by atoms with van der Waals surface area (Å²) in [6.07, 6.45) is 16.5. The Morgan fingerprint density at radius 3 is 1.21 bits per heavy atom. The van der Waals surface area contributed by atoms with Crippen molar-refractivity contribution in [3.63, 3.8) is 0 Å². The van der Waals surface area contributed by atoms with E-state index in [0.717, 1.165) is 86.2 Å². The minimum Gasteiger partial charge on any atom is -0.444 e. The Morgan fingerprint density at radius 1 is 0.518 bits per heavy atom. The Morgan fingerprint density at radius 2 is 0.859 bits per heavy atom. The Bertz CT molecular complexity index is 2700. The zero-order valence-corrected chi connectivity index (χ0v) is 50.4. The van der Waals surface area contributed by atoms with E-state index in [1.165, 1.54) is 74.0 Å². The Balaban J connectivity index is 0.000000247. The highest BCUT2D eigenvalue weighted by Crippen LogP contribution is 2.50. The van der Waals surface area contributed by atoms with E-state index in [4.69, 9.17) is 34.5 Å². The molecule has 2 aliphatic heterocycles. The van der Waals surface area contributed by atoms with Crippen LogP contribution in [0.2, 0.25) is 0 Å². The quantitative estimate of drug-likeness (QED) is 0.0358. The molecule has 460 valence electrons. The number of rotatable bonds is 18. The first-order chi connectivity index (χ1) is 41.1. The van der Waals surface area contributed by atoms with E-state index < -0.39 is 30.0 Å². The summed E-state index contributed by atoms with van der Waals surface area (Å²) in [6, 6.07) is 37.4. The molecule has 0 atom stereocenters. The van der Waals surface area contributed by atoms with Crippen molar-refractivity contribution in [1.82, 2.24) is 30.7 Å². The third kappa shape index (κ3) is 21.2. The largest absolute Gasteiger partial charge is 0.444 e. The summed E-state index contributed by atoms with van der Waals surface area (Å²) in [4.78, 5) is 68.5. The summed E-state index contributed by atoms with van der Waals surface area (Å²) in [5.41, 5.74) is 3.10. The van der Waals surface area contributed by atoms with Crippen LogP contribution < -0.4 is 16.0 Å². The molecule has 0 spiro atoms. The number of hydrogen-bond acceptors (Lipinski definition) is 13. The fraction of sp³-hybridized carbons (Fsp3) is 0.537. The maximum atomic E-state index is 13.3. The molecule has 4 aliphatic rings. The predicted molar refractivity (Wildman–Crippen MR) is 327 cm³/mol. The maximum absolute atomic E-state index is 13.3. The molecule has 2 heterocycles. The van der Waals surface area contributed by atoms with Crippen LogP contribution in [0.3, 0.4) is 0 Å². The lowest BCUT2D eigenvalue weighted by Gasteiger charge is -2.48. The van der Waals surface area contributed by atoms with E-state index in [9.17, 15) is 24.0 Å². The molecular formula is C67H92N8O10. The summed E-state index contributed by atoms with van der Waals surface area (Å²) in [5.74, 6) is 0.550. The van der Waals surface area contributed by atoms with Crippen LogP contribution >= 0.6 is 0 Å². The van der Waals surface area contributed by atoms with Gasteiger partial charge >= 0.3 is 30.5 Å². The molecule has 0 bridgehead atoms. The minimum absolute atomic E-state index is 0.0305. The third-order valence-corrected chi connectivity index (χ3v) is 17.3. The van der Waals surface area contributed by atoms with Crippen molar-refractivity contribution >= 4 is 42.4 Å². The van der Waals surface area contributed by atoms with Gasteiger partial charge in [0.15, 0.2) is 0 Å². The van der Waals surface area contributed by atoms with Gasteiger partial charge in [-0.05, 0) is 156 Å². The fourth-order valence-corrected chi connectivity index (χ4v) is 12.7. The number of benzene rings is 4. The zero-order valence-electron chi connectivity index (χ0n) is 50.4. The summed E-state index contributed by atoms with van der Waals surface area (Å²) in [6.45, 7) is 9.76. The topological polar surface area (TPSA) is 225 Å². The molecule has 18 nitrogen and oxygen atoms in total. The second-order valence-electron chi connectivity index (χ2n) is 24.3. The lowest BCUT2D eigenvalue weighted by molar-refractivity contribution is -0.0102. The molecule has 5 N–H and O–H groups in total. The maximum Gasteiger partial charge on any atom is 0.416 e. The van der Waals surface area contributed by atoms with Crippen LogP contribution in [0.4, 0.5) is 24.0 Å². The average molecular weight is 1170 g/mol. The minimum atomic E-state index is -0.817. The molecule has 85 heavy (non-hydrogen) atoms. The first-order valence-electron chi connectivity index (χ1n) is 30.9. The van der Waals surface area contributed by atoms with Crippen LogP contribution in [-0.2, 0) is 50.1 Å². The third-order valence-electron chi connectivity index (χ3n) is 17.3. The highest BCUT2D eigenvalue weighted by atomic mass is 16.6. The number of nitrogens with one attached hydrogen (secondary N) is 5. The number of guanidine groups is 2. The molecule has 0 aromatic heterocycles. The molecule has 0 radical (unpaired) electrons. The average Bonchev–Trinajstić information content (AvgIpc) is 3.72. The SMILES string of the molecule is CC(C)(C)OC(=O)N1CCC(CCCN(C(=N)NC(=O)OCc2ccccc2)C(=O)OCc2ccccc2)(C2CCCCC2)CC1.N=C(NC(=O)OCc1ccccc1)N(CCCC1(C2CCCCC2)CCNCC1)C(=O)OCc1ccccc1. The van der Waals surface area contributed by atoms with Crippen molar-refractivity contribution < 1.29 is 47.7 Å². The molecular weight excluding hydrogens is 1080 g/mol. The van der Waals surface area contributed by atoms with E-state index in [0.29, 0.717) is 32.0 Å². The Hall–Kier alpha value is -7.47. The molecule has 18 heteroatoms. The second-order valence-corrected chi connectivity index (χ2v) is 24.3. The van der Waals surface area contributed by atoms with Crippen molar-refractivity contribution in [1.29, 1.82) is 10.8 Å². The van der Waals surface area contributed by atoms with Crippen molar-refractivity contribution in [3.05, 3.63) is 144 Å². The van der Waals surface area contributed by atoms with Gasteiger partial charge in [-0.1, -0.05) is 160 Å². The number of nitrogens with zero attached hydrogens (tertiary/aromatic N) is 3. The van der Waals surface area contributed by atoms with Crippen LogP contribution in [0.1, 0.15) is 159 Å². The molecule has 8 rings (SSSR count). The first kappa shape index (κ1) is 65.1. The first-order valence-corrected chi connectivity index (χ1v) is 30.9. The normalized spacial score (nSPS) is 16.9. The molecule has 4 aromatic rings. The van der Waals surface area contributed by atoms with Gasteiger partial charge in [0, 0.05) is 26.2 Å². The summed E-state index contributed by atoms with van der Waals surface area (Å²) in [7, 11) is 0. The standard InChI is InChI=1S/C36H50N4O6.C31H42N4O4/c1-35(2,3)46-33(42)39-24-21-36(22-25-39,30-18-11-6-12-19-30)20-13-23-40(34(43)45-27-29-16-9-5-10-17-29)31(37)38-32(41)44-26-28-14-7-4-8-15-28;32-28(34-29(36)38-23-25-11-4-1-5-12-25)35(30(37)39-24-26-13-6-2-7-14-26)22-10-17-31(18-20-33-21-19-31)27-15-8-3-9-16-27/h4-5,7-10,14-17,30H,6,11-13,18-27H2,1-3H3,(H2,37,38,41);1-2,4-7,11-14,27,33H,3,8-10,15-24H2,(H2,32,34,36). The number of alkyl carbamates (subject to hydrolysis) is 2. The number of piperidine rings is 2. The van der Waals surface area contributed by atoms with Crippen molar-refractivity contribution in [2.75, 3.05) is 39.3 Å². The van der Waals surface area contributed by atoms with Crippen LogP contribution in [0.25, 0.3) is 0 Å². The van der Waals surface area contributed by atoms with Gasteiger partial charge in [0.05, 0.1) is 0 Å². The monoisotopic (exact) mass is 1170 g/mol. The van der Waals surface area contributed by atoms with E-state index in [2.05, 4.69) is 16.0 Å². The van der Waals surface area contributed by atoms with Crippen molar-refractivity contribution in [2.24, 2.45) is 22.7 Å². The Kier molecular flexibility index (Phi) is 25.5. The van der Waals surface area contributed by atoms with Gasteiger partial charge in [-0.2, -0.15) is 0 Å². The van der Waals surface area contributed by atoms with Crippen LogP contribution in [0.15, 0.2) is 121 Å². The van der Waals surface area contributed by atoms with Gasteiger partial charge in [0.25, 0.3) is 0 Å². The predicted octanol–water partition coefficient (Wildman–Crippen LogP) is 14.1. The van der Waals surface area contributed by atoms with E-state index in [1.54, 1.807) is 0 Å². The number of hydrogen-bond donors (Lipinski definition) is 5. The summed E-state index contributed by atoms with van der Waals surface area (Å²) in [5, 5.41) is 25.5. The van der Waals surface area contributed by atoms with Gasteiger partial charge < -0.3 is 33.9 Å². The van der Waals surface area contributed by atoms with Crippen molar-refractivity contribution in [2.45, 2.75) is 168 Å². The molecule has 5 amide bonds. The van der Waals surface area contributed by atoms with Crippen LogP contribution in [0.5, 0.6) is 0 Å². The van der Waals surface area contributed by atoms with Gasteiger partial charge in [-0.3, -0.25) is 21.5 Å². The smallest absolute Gasteiger partial charge is 0.416 e. The van der Waals surface area contributed by atoms with Crippen molar-refractivity contribution in [3.8, 4) is 0 Å². The number of carbonyl (C=O) groups excluding carboxylic acids is 5. The van der Waals surface area contributed by atoms with Crippen LogP contribution in [-0.4, -0.2) is 102 Å². The number of ether oxygens (including phenoxy) is 5. The van der Waals surface area contributed by atoms with E-state index >= 15 is 0 Å². The number of carbonyl (C=O) groups is 5. The highest BCUT2D eigenvalue weighted by Gasteiger charge is 2.43. The lowest BCUT2D eigenvalue weighted by Crippen LogP contribution is -2.49. The Labute approximate surface area is 503 Å². The fourth-order valence-electron chi connectivity index (χ4n) is 12.7. The van der Waals surface area contributed by atoms with E-state index in [-0.39, 0.29) is 61.8 Å². The van der Waals surface area contributed by atoms with Crippen LogP contribution in [0, 0.1) is 33.5 Å². The zero-order chi connectivity index (χ0) is 60.3. The second kappa shape index (κ2) is 33.3. The number of amides is 5. The number of likely N-dealkylation sites (tertiary alicyclic amines) is 1. The molecule has 2 aliphatic carbocycles. The van der Waals surface area contributed by atoms with E-state index in [1.807, 2.05) is 147 Å². The van der Waals surface area contributed by atoms with Gasteiger partial charge in [-0.15, -0.1) is 0 Å². The highest BCUT2D eigenvalue weighted by molar-refractivity contribution is 6.00. The summed E-state index contributed by atoms with van der Waals surface area (Å²) < 4.78 is 27.4.